The summed E-state index contributed by atoms with van der Waals surface area (Å²) < 4.78 is 23.8. The molecule has 0 saturated heterocycles. The average molecular weight is 496 g/mol. The third kappa shape index (κ3) is 8.39. The summed E-state index contributed by atoms with van der Waals surface area (Å²) in [6, 6.07) is 27.5. The Morgan fingerprint density at radius 1 is 0.829 bits per heavy atom. The first-order chi connectivity index (χ1) is 16.9. The van der Waals surface area contributed by atoms with Crippen LogP contribution in [-0.4, -0.2) is 36.0 Å². The third-order valence-corrected chi connectivity index (χ3v) is 7.85. The number of alkyl carbamates (subject to hydrolysis) is 1. The molecule has 0 heterocycles. The molecule has 1 amide bonds. The molecule has 3 unspecified atom stereocenters. The molecule has 0 aliphatic heterocycles. The van der Waals surface area contributed by atoms with Gasteiger partial charge >= 0.3 is 12.1 Å². The summed E-state index contributed by atoms with van der Waals surface area (Å²) in [4.78, 5) is 36.2. The molecule has 2 N–H and O–H groups in total. The standard InChI is InChI=1S/C27H30NO6P/c1-33-26(29)24(17-21-11-5-2-6-12-21)20-35(31,32)25(18-22-13-7-3-8-14-22)28-27(30)34-19-23-15-9-4-10-16-23/h2-16,24-25H,17-20H2,1H3,(H,28,30)(H,31,32). The lowest BCUT2D eigenvalue weighted by Crippen LogP contribution is -2.38. The van der Waals surface area contributed by atoms with Gasteiger partial charge in [-0.15, -0.1) is 0 Å². The number of carbonyl (C=O) groups is 2. The highest BCUT2D eigenvalue weighted by Crippen LogP contribution is 2.48. The van der Waals surface area contributed by atoms with Crippen LogP contribution in [0.4, 0.5) is 4.79 Å². The van der Waals surface area contributed by atoms with Gasteiger partial charge in [0.15, 0.2) is 0 Å². The Morgan fingerprint density at radius 3 is 1.83 bits per heavy atom. The third-order valence-electron chi connectivity index (χ3n) is 5.60. The monoisotopic (exact) mass is 495 g/mol. The second-order valence-electron chi connectivity index (χ2n) is 8.26. The number of benzene rings is 3. The van der Waals surface area contributed by atoms with E-state index in [0.717, 1.165) is 16.7 Å². The lowest BCUT2D eigenvalue weighted by Gasteiger charge is -2.27. The summed E-state index contributed by atoms with van der Waals surface area (Å²) in [7, 11) is -2.84. The van der Waals surface area contributed by atoms with E-state index in [1.165, 1.54) is 7.11 Å². The van der Waals surface area contributed by atoms with Crippen molar-refractivity contribution in [2.75, 3.05) is 13.3 Å². The number of methoxy groups -OCH3 is 1. The van der Waals surface area contributed by atoms with Crippen LogP contribution in [0.2, 0.25) is 0 Å². The topological polar surface area (TPSA) is 102 Å². The number of rotatable bonds is 11. The van der Waals surface area contributed by atoms with E-state index < -0.39 is 31.1 Å². The van der Waals surface area contributed by atoms with Crippen molar-refractivity contribution in [1.29, 1.82) is 0 Å². The summed E-state index contributed by atoms with van der Waals surface area (Å²) in [5.74, 6) is -2.57. The zero-order valence-electron chi connectivity index (χ0n) is 19.6. The number of carbonyl (C=O) groups excluding carboxylic acids is 2. The smallest absolute Gasteiger partial charge is 0.408 e. The number of nitrogens with one attached hydrogen (secondary N) is 1. The minimum Gasteiger partial charge on any atom is -0.469 e. The molecule has 0 aromatic heterocycles. The number of ether oxygens (including phenoxy) is 2. The Hall–Kier alpha value is -3.41. The highest BCUT2D eigenvalue weighted by molar-refractivity contribution is 7.58. The van der Waals surface area contributed by atoms with Crippen LogP contribution in [0.15, 0.2) is 91.0 Å². The van der Waals surface area contributed by atoms with Gasteiger partial charge in [-0.3, -0.25) is 9.36 Å². The van der Waals surface area contributed by atoms with E-state index in [9.17, 15) is 19.0 Å². The van der Waals surface area contributed by atoms with E-state index in [2.05, 4.69) is 5.32 Å². The van der Waals surface area contributed by atoms with E-state index >= 15 is 0 Å². The number of hydrogen-bond donors (Lipinski definition) is 2. The Bertz CT molecular complexity index is 1120. The van der Waals surface area contributed by atoms with Crippen molar-refractivity contribution >= 4 is 19.4 Å². The fourth-order valence-corrected chi connectivity index (χ4v) is 5.73. The summed E-state index contributed by atoms with van der Waals surface area (Å²) in [5, 5.41) is 2.58. The van der Waals surface area contributed by atoms with Gasteiger partial charge in [-0.2, -0.15) is 0 Å². The summed E-state index contributed by atoms with van der Waals surface area (Å²) >= 11 is 0. The van der Waals surface area contributed by atoms with Crippen LogP contribution in [-0.2, 0) is 38.3 Å². The van der Waals surface area contributed by atoms with Gasteiger partial charge < -0.3 is 19.7 Å². The minimum atomic E-state index is -4.09. The normalized spacial score (nSPS) is 14.2. The molecular weight excluding hydrogens is 465 g/mol. The van der Waals surface area contributed by atoms with E-state index in [0.29, 0.717) is 0 Å². The van der Waals surface area contributed by atoms with Crippen LogP contribution < -0.4 is 5.32 Å². The Morgan fingerprint density at radius 2 is 1.31 bits per heavy atom. The molecule has 0 aliphatic rings. The maximum Gasteiger partial charge on any atom is 0.408 e. The maximum absolute atomic E-state index is 13.6. The molecule has 35 heavy (non-hydrogen) atoms. The molecule has 0 aliphatic carbocycles. The first kappa shape index (κ1) is 26.2. The highest BCUT2D eigenvalue weighted by atomic mass is 31.2. The summed E-state index contributed by atoms with van der Waals surface area (Å²) in [6.07, 6.45) is -0.796. The van der Waals surface area contributed by atoms with Gasteiger partial charge in [0.25, 0.3) is 0 Å². The number of amides is 1. The van der Waals surface area contributed by atoms with Crippen molar-refractivity contribution < 1.29 is 28.5 Å². The zero-order chi connectivity index (χ0) is 25.1. The van der Waals surface area contributed by atoms with Gasteiger partial charge in [-0.1, -0.05) is 91.0 Å². The Balaban J connectivity index is 1.77. The molecule has 0 fully saturated rings. The quantitative estimate of drug-likeness (QED) is 0.293. The molecule has 3 aromatic carbocycles. The van der Waals surface area contributed by atoms with E-state index in [1.807, 2.05) is 91.0 Å². The molecule has 8 heteroatoms. The molecule has 0 saturated carbocycles. The second kappa shape index (κ2) is 12.9. The van der Waals surface area contributed by atoms with Gasteiger partial charge in [-0.25, -0.2) is 4.79 Å². The first-order valence-electron chi connectivity index (χ1n) is 11.3. The second-order valence-corrected chi connectivity index (χ2v) is 10.8. The van der Waals surface area contributed by atoms with Gasteiger partial charge in [-0.05, 0) is 23.1 Å². The molecule has 7 nitrogen and oxygen atoms in total. The predicted molar refractivity (Wildman–Crippen MR) is 134 cm³/mol. The number of hydrogen-bond acceptors (Lipinski definition) is 5. The van der Waals surface area contributed by atoms with Gasteiger partial charge in [0.1, 0.15) is 12.4 Å². The van der Waals surface area contributed by atoms with Crippen molar-refractivity contribution in [3.05, 3.63) is 108 Å². The Kier molecular flexibility index (Phi) is 9.65. The van der Waals surface area contributed by atoms with Crippen LogP contribution in [0.5, 0.6) is 0 Å². The fourth-order valence-electron chi connectivity index (χ4n) is 3.76. The highest BCUT2D eigenvalue weighted by Gasteiger charge is 2.38. The van der Waals surface area contributed by atoms with E-state index in [1.54, 1.807) is 0 Å². The molecule has 3 rings (SSSR count). The lowest BCUT2D eigenvalue weighted by atomic mass is 10.0. The molecule has 184 valence electrons. The molecule has 0 radical (unpaired) electrons. The van der Waals surface area contributed by atoms with E-state index in [-0.39, 0.29) is 25.6 Å². The van der Waals surface area contributed by atoms with Crippen molar-refractivity contribution in [1.82, 2.24) is 5.32 Å². The van der Waals surface area contributed by atoms with Gasteiger partial charge in [0.2, 0.25) is 7.37 Å². The molecule has 3 atom stereocenters. The summed E-state index contributed by atoms with van der Waals surface area (Å²) in [5.41, 5.74) is 2.41. The van der Waals surface area contributed by atoms with E-state index in [4.69, 9.17) is 9.47 Å². The minimum absolute atomic E-state index is 0.0270. The van der Waals surface area contributed by atoms with Crippen molar-refractivity contribution in [3.8, 4) is 0 Å². The van der Waals surface area contributed by atoms with Gasteiger partial charge in [0, 0.05) is 12.6 Å². The van der Waals surface area contributed by atoms with Crippen LogP contribution >= 0.6 is 7.37 Å². The predicted octanol–water partition coefficient (Wildman–Crippen LogP) is 4.78. The number of esters is 1. The average Bonchev–Trinajstić information content (AvgIpc) is 2.88. The largest absolute Gasteiger partial charge is 0.469 e. The van der Waals surface area contributed by atoms with Gasteiger partial charge in [0.05, 0.1) is 13.0 Å². The molecule has 0 spiro atoms. The van der Waals surface area contributed by atoms with Crippen LogP contribution in [0.25, 0.3) is 0 Å². The zero-order valence-corrected chi connectivity index (χ0v) is 20.5. The summed E-state index contributed by atoms with van der Waals surface area (Å²) in [6.45, 7) is 0.0270. The van der Waals surface area contributed by atoms with Crippen LogP contribution in [0.1, 0.15) is 16.7 Å². The lowest BCUT2D eigenvalue weighted by molar-refractivity contribution is -0.144. The van der Waals surface area contributed by atoms with Crippen LogP contribution in [0.3, 0.4) is 0 Å². The first-order valence-corrected chi connectivity index (χ1v) is 13.2. The Labute approximate surface area is 205 Å². The maximum atomic E-state index is 13.6. The molecule has 0 bridgehead atoms. The van der Waals surface area contributed by atoms with Crippen LogP contribution in [0, 0.1) is 5.92 Å². The fraction of sp³-hybridized carbons (Fsp3) is 0.259. The SMILES string of the molecule is COC(=O)C(Cc1ccccc1)CP(=O)(O)C(Cc1ccccc1)NC(=O)OCc1ccccc1. The molecular formula is C27H30NO6P. The van der Waals surface area contributed by atoms with Crippen molar-refractivity contribution in [2.24, 2.45) is 5.92 Å². The van der Waals surface area contributed by atoms with Crippen molar-refractivity contribution in [3.63, 3.8) is 0 Å². The molecule has 3 aromatic rings. The van der Waals surface area contributed by atoms with Crippen molar-refractivity contribution in [2.45, 2.75) is 25.2 Å².